The van der Waals surface area contributed by atoms with E-state index in [1.165, 1.54) is 29.7 Å². The van der Waals surface area contributed by atoms with E-state index in [4.69, 9.17) is 4.98 Å². The van der Waals surface area contributed by atoms with Crippen molar-refractivity contribution in [1.29, 1.82) is 0 Å². The Hall–Kier alpha value is -1.59. The van der Waals surface area contributed by atoms with Gasteiger partial charge in [-0.05, 0) is 41.7 Å². The number of hydrogen-bond acceptors (Lipinski definition) is 5. The molecule has 114 valence electrons. The molecule has 2 aliphatic rings. The van der Waals surface area contributed by atoms with Gasteiger partial charge in [0.1, 0.15) is 0 Å². The van der Waals surface area contributed by atoms with Crippen molar-refractivity contribution >= 4 is 17.0 Å². The van der Waals surface area contributed by atoms with E-state index in [1.54, 1.807) is 11.3 Å². The van der Waals surface area contributed by atoms with Gasteiger partial charge in [-0.15, -0.1) is 0 Å². The molecule has 4 rings (SSSR count). The Kier molecular flexibility index (Phi) is 3.99. The maximum Gasteiger partial charge on any atom is 0.173 e. The summed E-state index contributed by atoms with van der Waals surface area (Å²) in [6, 6.07) is 2.21. The lowest BCUT2D eigenvalue weighted by Gasteiger charge is -2.27. The predicted octanol–water partition coefficient (Wildman–Crippen LogP) is 3.07. The van der Waals surface area contributed by atoms with Crippen LogP contribution in [0.1, 0.15) is 41.9 Å². The molecule has 2 aliphatic heterocycles. The Morgan fingerprint density at radius 3 is 3.05 bits per heavy atom. The van der Waals surface area contributed by atoms with E-state index >= 15 is 0 Å². The monoisotopic (exact) mass is 312 g/mol. The quantitative estimate of drug-likeness (QED) is 0.874. The van der Waals surface area contributed by atoms with Crippen LogP contribution >= 0.6 is 11.3 Å². The zero-order valence-corrected chi connectivity index (χ0v) is 13.5. The van der Waals surface area contributed by atoms with Crippen LogP contribution in [0.25, 0.3) is 0 Å². The molecule has 2 aromatic rings. The lowest BCUT2D eigenvalue weighted by atomic mass is 10.1. The molecule has 0 amide bonds. The average molecular weight is 312 g/mol. The van der Waals surface area contributed by atoms with Gasteiger partial charge in [-0.3, -0.25) is 9.89 Å². The predicted molar refractivity (Wildman–Crippen MR) is 89.4 cm³/mol. The van der Waals surface area contributed by atoms with E-state index in [2.05, 4.69) is 31.7 Å². The minimum atomic E-state index is 0.865. The zero-order valence-electron chi connectivity index (χ0n) is 12.7. The Labute approximate surface area is 134 Å². The number of thiophene rings is 1. The standard InChI is InChI=1S/C17H20N4S/c1-2-6-18-16(3-1)17-19-9-14-11-21(7-4-15(14)20-17)10-13-5-8-22-12-13/h5,8-9,12H,1-4,6-7,10-11H2. The van der Waals surface area contributed by atoms with Gasteiger partial charge in [0.2, 0.25) is 0 Å². The van der Waals surface area contributed by atoms with Gasteiger partial charge in [0.25, 0.3) is 0 Å². The highest BCUT2D eigenvalue weighted by Crippen LogP contribution is 2.20. The second-order valence-corrected chi connectivity index (χ2v) is 6.82. The first-order valence-electron chi connectivity index (χ1n) is 8.00. The molecule has 0 bridgehead atoms. The highest BCUT2D eigenvalue weighted by atomic mass is 32.1. The van der Waals surface area contributed by atoms with Crippen molar-refractivity contribution in [2.75, 3.05) is 13.1 Å². The summed E-state index contributed by atoms with van der Waals surface area (Å²) in [5.41, 5.74) is 5.01. The fourth-order valence-corrected chi connectivity index (χ4v) is 3.83. The minimum Gasteiger partial charge on any atom is -0.294 e. The SMILES string of the molecule is c1cc(CN2CCc3nc(C4=NCCCC4)ncc3C2)cs1. The minimum absolute atomic E-state index is 0.865. The topological polar surface area (TPSA) is 41.4 Å². The van der Waals surface area contributed by atoms with E-state index in [9.17, 15) is 0 Å². The summed E-state index contributed by atoms with van der Waals surface area (Å²) in [4.78, 5) is 16.5. The van der Waals surface area contributed by atoms with Crippen molar-refractivity contribution in [1.82, 2.24) is 14.9 Å². The van der Waals surface area contributed by atoms with E-state index in [0.29, 0.717) is 0 Å². The first kappa shape index (κ1) is 14.0. The van der Waals surface area contributed by atoms with Gasteiger partial charge in [0.05, 0.1) is 11.4 Å². The van der Waals surface area contributed by atoms with Gasteiger partial charge in [-0.2, -0.15) is 11.3 Å². The molecule has 5 heteroatoms. The fourth-order valence-electron chi connectivity index (χ4n) is 3.17. The molecule has 0 spiro atoms. The van der Waals surface area contributed by atoms with Crippen molar-refractivity contribution in [2.24, 2.45) is 4.99 Å². The van der Waals surface area contributed by atoms with Gasteiger partial charge in [0.15, 0.2) is 5.82 Å². The summed E-state index contributed by atoms with van der Waals surface area (Å²) in [5.74, 6) is 0.865. The Bertz CT molecular complexity index is 678. The summed E-state index contributed by atoms with van der Waals surface area (Å²) < 4.78 is 0. The van der Waals surface area contributed by atoms with Crippen molar-refractivity contribution in [3.63, 3.8) is 0 Å². The third-order valence-electron chi connectivity index (χ3n) is 4.38. The third kappa shape index (κ3) is 2.96. The first-order chi connectivity index (χ1) is 10.9. The van der Waals surface area contributed by atoms with E-state index < -0.39 is 0 Å². The molecule has 0 N–H and O–H groups in total. The van der Waals surface area contributed by atoms with Crippen LogP contribution in [0.15, 0.2) is 28.0 Å². The van der Waals surface area contributed by atoms with Crippen molar-refractivity contribution < 1.29 is 0 Å². The van der Waals surface area contributed by atoms with Crippen LogP contribution in [-0.4, -0.2) is 33.7 Å². The van der Waals surface area contributed by atoms with Crippen LogP contribution < -0.4 is 0 Å². The largest absolute Gasteiger partial charge is 0.294 e. The Morgan fingerprint density at radius 2 is 2.23 bits per heavy atom. The molecular formula is C17H20N4S. The van der Waals surface area contributed by atoms with Gasteiger partial charge in [0, 0.05) is 44.4 Å². The van der Waals surface area contributed by atoms with E-state index in [0.717, 1.165) is 50.6 Å². The number of aliphatic imine (C=N–C) groups is 1. The number of rotatable bonds is 3. The van der Waals surface area contributed by atoms with Crippen LogP contribution in [0, 0.1) is 0 Å². The highest BCUT2D eigenvalue weighted by molar-refractivity contribution is 7.07. The smallest absolute Gasteiger partial charge is 0.173 e. The maximum atomic E-state index is 4.80. The number of fused-ring (bicyclic) bond motifs is 1. The van der Waals surface area contributed by atoms with Gasteiger partial charge in [-0.1, -0.05) is 0 Å². The molecule has 0 saturated heterocycles. The molecule has 0 aliphatic carbocycles. The van der Waals surface area contributed by atoms with Crippen LogP contribution in [0.2, 0.25) is 0 Å². The average Bonchev–Trinajstić information content (AvgIpc) is 3.08. The molecular weight excluding hydrogens is 292 g/mol. The molecule has 0 unspecified atom stereocenters. The lowest BCUT2D eigenvalue weighted by molar-refractivity contribution is 0.243. The number of aromatic nitrogens is 2. The summed E-state index contributed by atoms with van der Waals surface area (Å²) in [5, 5.41) is 4.38. The molecule has 0 radical (unpaired) electrons. The van der Waals surface area contributed by atoms with Gasteiger partial charge < -0.3 is 0 Å². The van der Waals surface area contributed by atoms with Crippen LogP contribution in [0.3, 0.4) is 0 Å². The van der Waals surface area contributed by atoms with E-state index in [1.807, 2.05) is 6.20 Å². The van der Waals surface area contributed by atoms with Crippen molar-refractivity contribution in [2.45, 2.75) is 38.8 Å². The molecule has 2 aromatic heterocycles. The normalized spacial score (nSPS) is 18.8. The van der Waals surface area contributed by atoms with Crippen molar-refractivity contribution in [3.05, 3.63) is 45.7 Å². The molecule has 0 atom stereocenters. The molecule has 0 saturated carbocycles. The van der Waals surface area contributed by atoms with E-state index in [-0.39, 0.29) is 0 Å². The molecule has 0 aromatic carbocycles. The number of hydrogen-bond donors (Lipinski definition) is 0. The summed E-state index contributed by atoms with van der Waals surface area (Å²) in [6.07, 6.45) is 6.49. The second-order valence-electron chi connectivity index (χ2n) is 6.04. The third-order valence-corrected chi connectivity index (χ3v) is 5.11. The number of nitrogens with zero attached hydrogens (tertiary/aromatic N) is 4. The Balaban J connectivity index is 1.50. The van der Waals surface area contributed by atoms with Crippen LogP contribution in [0.4, 0.5) is 0 Å². The molecule has 4 heterocycles. The maximum absolute atomic E-state index is 4.80. The Morgan fingerprint density at radius 1 is 1.23 bits per heavy atom. The summed E-state index contributed by atoms with van der Waals surface area (Å²) in [6.45, 7) is 3.99. The molecule has 4 nitrogen and oxygen atoms in total. The molecule has 22 heavy (non-hydrogen) atoms. The highest BCUT2D eigenvalue weighted by Gasteiger charge is 2.20. The summed E-state index contributed by atoms with van der Waals surface area (Å²) in [7, 11) is 0. The van der Waals surface area contributed by atoms with Crippen LogP contribution in [-0.2, 0) is 19.5 Å². The van der Waals surface area contributed by atoms with Crippen LogP contribution in [0.5, 0.6) is 0 Å². The zero-order chi connectivity index (χ0) is 14.8. The summed E-state index contributed by atoms with van der Waals surface area (Å²) >= 11 is 1.77. The van der Waals surface area contributed by atoms with Gasteiger partial charge in [-0.25, -0.2) is 9.97 Å². The van der Waals surface area contributed by atoms with Crippen molar-refractivity contribution in [3.8, 4) is 0 Å². The first-order valence-corrected chi connectivity index (χ1v) is 8.95. The second kappa shape index (κ2) is 6.26. The van der Waals surface area contributed by atoms with Gasteiger partial charge >= 0.3 is 0 Å². The molecule has 0 fully saturated rings. The fraction of sp³-hybridized carbons (Fsp3) is 0.471. The lowest BCUT2D eigenvalue weighted by Crippen LogP contribution is -2.31.